The first-order valence-electron chi connectivity index (χ1n) is 8.85. The standard InChI is InChI=1S/C18H23N5S/c1-2-7-13-22(12-6-1)14-16-19-20-18-23(16)21-17(24-18)11-10-15-8-4-3-5-9-15/h3-5,8-9H,1-2,6-7,10-14H2. The van der Waals surface area contributed by atoms with Crippen LogP contribution < -0.4 is 0 Å². The first-order valence-corrected chi connectivity index (χ1v) is 9.66. The SMILES string of the molecule is c1ccc(CCc2nn3c(CN4CCCCCC4)nnc3s2)cc1. The van der Waals surface area contributed by atoms with E-state index in [1.807, 2.05) is 4.52 Å². The Labute approximate surface area is 146 Å². The van der Waals surface area contributed by atoms with Crippen molar-refractivity contribution in [3.05, 3.63) is 46.7 Å². The van der Waals surface area contributed by atoms with Crippen LogP contribution in [0.25, 0.3) is 4.96 Å². The third-order valence-electron chi connectivity index (χ3n) is 4.63. The molecule has 0 saturated carbocycles. The Kier molecular flexibility index (Phi) is 4.85. The van der Waals surface area contributed by atoms with E-state index in [1.165, 1.54) is 44.3 Å². The number of hydrogen-bond acceptors (Lipinski definition) is 5. The van der Waals surface area contributed by atoms with Gasteiger partial charge in [0.05, 0.1) is 6.54 Å². The second kappa shape index (κ2) is 7.40. The van der Waals surface area contributed by atoms with E-state index in [9.17, 15) is 0 Å². The lowest BCUT2D eigenvalue weighted by Crippen LogP contribution is -2.25. The quantitative estimate of drug-likeness (QED) is 0.714. The summed E-state index contributed by atoms with van der Waals surface area (Å²) in [7, 11) is 0. The van der Waals surface area contributed by atoms with E-state index < -0.39 is 0 Å². The fourth-order valence-electron chi connectivity index (χ4n) is 3.29. The molecule has 126 valence electrons. The van der Waals surface area contributed by atoms with E-state index in [1.54, 1.807) is 11.3 Å². The third-order valence-corrected chi connectivity index (χ3v) is 5.59. The molecule has 0 aliphatic carbocycles. The van der Waals surface area contributed by atoms with E-state index in [4.69, 9.17) is 5.10 Å². The van der Waals surface area contributed by atoms with Crippen molar-refractivity contribution in [1.29, 1.82) is 0 Å². The molecular formula is C18H23N5S. The molecule has 0 spiro atoms. The van der Waals surface area contributed by atoms with Crippen LogP contribution >= 0.6 is 11.3 Å². The summed E-state index contributed by atoms with van der Waals surface area (Å²) in [5.74, 6) is 0.981. The zero-order chi connectivity index (χ0) is 16.2. The molecule has 2 aromatic heterocycles. The molecule has 4 rings (SSSR count). The smallest absolute Gasteiger partial charge is 0.234 e. The molecule has 0 bridgehead atoms. The molecule has 5 nitrogen and oxygen atoms in total. The van der Waals surface area contributed by atoms with Gasteiger partial charge < -0.3 is 0 Å². The molecule has 0 unspecified atom stereocenters. The normalized spacial score (nSPS) is 16.5. The number of benzene rings is 1. The van der Waals surface area contributed by atoms with Crippen LogP contribution in [0.5, 0.6) is 0 Å². The molecular weight excluding hydrogens is 318 g/mol. The lowest BCUT2D eigenvalue weighted by atomic mass is 10.1. The summed E-state index contributed by atoms with van der Waals surface area (Å²) >= 11 is 1.66. The molecule has 3 aromatic rings. The summed E-state index contributed by atoms with van der Waals surface area (Å²) in [5, 5.41) is 14.6. The number of fused-ring (bicyclic) bond motifs is 1. The van der Waals surface area contributed by atoms with E-state index in [0.29, 0.717) is 0 Å². The molecule has 0 N–H and O–H groups in total. The predicted octanol–water partition coefficient (Wildman–Crippen LogP) is 3.35. The van der Waals surface area contributed by atoms with Gasteiger partial charge in [-0.25, -0.2) is 0 Å². The van der Waals surface area contributed by atoms with Crippen molar-refractivity contribution in [3.63, 3.8) is 0 Å². The number of nitrogens with zero attached hydrogens (tertiary/aromatic N) is 5. The minimum atomic E-state index is 0.864. The second-order valence-corrected chi connectivity index (χ2v) is 7.52. The average Bonchev–Trinajstić information content (AvgIpc) is 3.07. The molecule has 1 aliphatic heterocycles. The van der Waals surface area contributed by atoms with Gasteiger partial charge in [-0.2, -0.15) is 9.61 Å². The maximum absolute atomic E-state index is 4.76. The molecule has 0 amide bonds. The summed E-state index contributed by atoms with van der Waals surface area (Å²) in [6.07, 6.45) is 7.27. The van der Waals surface area contributed by atoms with Gasteiger partial charge in [-0.15, -0.1) is 10.2 Å². The molecule has 24 heavy (non-hydrogen) atoms. The molecule has 3 heterocycles. The van der Waals surface area contributed by atoms with Gasteiger partial charge in [0.2, 0.25) is 4.96 Å². The first-order chi connectivity index (χ1) is 11.9. The van der Waals surface area contributed by atoms with E-state index in [0.717, 1.165) is 35.2 Å². The Morgan fingerprint density at radius 1 is 0.917 bits per heavy atom. The third kappa shape index (κ3) is 3.65. The van der Waals surface area contributed by atoms with Crippen molar-refractivity contribution in [3.8, 4) is 0 Å². The molecule has 6 heteroatoms. The number of likely N-dealkylation sites (tertiary alicyclic amines) is 1. The Morgan fingerprint density at radius 2 is 1.71 bits per heavy atom. The van der Waals surface area contributed by atoms with Crippen molar-refractivity contribution in [2.24, 2.45) is 0 Å². The molecule has 1 aliphatic rings. The van der Waals surface area contributed by atoms with Gasteiger partial charge >= 0.3 is 0 Å². The summed E-state index contributed by atoms with van der Waals surface area (Å²) in [4.78, 5) is 3.41. The Bertz CT molecular complexity index is 771. The van der Waals surface area contributed by atoms with E-state index in [2.05, 4.69) is 45.4 Å². The van der Waals surface area contributed by atoms with Crippen LogP contribution in [0.1, 0.15) is 42.1 Å². The van der Waals surface area contributed by atoms with Crippen LogP contribution in [0.2, 0.25) is 0 Å². The predicted molar refractivity (Wildman–Crippen MR) is 96.3 cm³/mol. The van der Waals surface area contributed by atoms with Crippen molar-refractivity contribution in [2.45, 2.75) is 45.1 Å². The minimum absolute atomic E-state index is 0.864. The highest BCUT2D eigenvalue weighted by Crippen LogP contribution is 2.18. The summed E-state index contributed by atoms with van der Waals surface area (Å²) in [6.45, 7) is 3.20. The van der Waals surface area contributed by atoms with Crippen LogP contribution in [0.3, 0.4) is 0 Å². The number of hydrogen-bond donors (Lipinski definition) is 0. The highest BCUT2D eigenvalue weighted by atomic mass is 32.1. The summed E-state index contributed by atoms with van der Waals surface area (Å²) in [6, 6.07) is 10.6. The second-order valence-electron chi connectivity index (χ2n) is 6.48. The minimum Gasteiger partial charge on any atom is -0.296 e. The lowest BCUT2D eigenvalue weighted by molar-refractivity contribution is 0.268. The number of aryl methyl sites for hydroxylation is 2. The van der Waals surface area contributed by atoms with Gasteiger partial charge in [0.25, 0.3) is 0 Å². The van der Waals surface area contributed by atoms with Gasteiger partial charge in [0.15, 0.2) is 5.82 Å². The number of aromatic nitrogens is 4. The Morgan fingerprint density at radius 3 is 2.50 bits per heavy atom. The maximum Gasteiger partial charge on any atom is 0.234 e. The fourth-order valence-corrected chi connectivity index (χ4v) is 4.14. The van der Waals surface area contributed by atoms with E-state index >= 15 is 0 Å². The average molecular weight is 341 g/mol. The summed E-state index contributed by atoms with van der Waals surface area (Å²) in [5.41, 5.74) is 1.35. The Hall–Kier alpha value is -1.79. The van der Waals surface area contributed by atoms with Crippen molar-refractivity contribution >= 4 is 16.3 Å². The Balaban J connectivity index is 1.44. The number of rotatable bonds is 5. The topological polar surface area (TPSA) is 46.3 Å². The highest BCUT2D eigenvalue weighted by molar-refractivity contribution is 7.16. The monoisotopic (exact) mass is 341 g/mol. The van der Waals surface area contributed by atoms with E-state index in [-0.39, 0.29) is 0 Å². The van der Waals surface area contributed by atoms with Gasteiger partial charge in [-0.1, -0.05) is 54.5 Å². The lowest BCUT2D eigenvalue weighted by Gasteiger charge is -2.17. The maximum atomic E-state index is 4.76. The van der Waals surface area contributed by atoms with Crippen LogP contribution in [0.4, 0.5) is 0 Å². The van der Waals surface area contributed by atoms with Crippen molar-refractivity contribution in [2.75, 3.05) is 13.1 Å². The van der Waals surface area contributed by atoms with Crippen molar-refractivity contribution in [1.82, 2.24) is 24.7 Å². The van der Waals surface area contributed by atoms with Crippen LogP contribution in [0.15, 0.2) is 30.3 Å². The van der Waals surface area contributed by atoms with Crippen LogP contribution in [-0.4, -0.2) is 37.8 Å². The molecule has 1 aromatic carbocycles. The van der Waals surface area contributed by atoms with Gasteiger partial charge in [0.1, 0.15) is 5.01 Å². The molecule has 0 atom stereocenters. The van der Waals surface area contributed by atoms with Crippen molar-refractivity contribution < 1.29 is 0 Å². The largest absolute Gasteiger partial charge is 0.296 e. The van der Waals surface area contributed by atoms with Gasteiger partial charge in [-0.05, 0) is 37.9 Å². The molecule has 1 saturated heterocycles. The van der Waals surface area contributed by atoms with Crippen LogP contribution in [0, 0.1) is 0 Å². The fraction of sp³-hybridized carbons (Fsp3) is 0.500. The first kappa shape index (κ1) is 15.7. The zero-order valence-electron chi connectivity index (χ0n) is 13.9. The van der Waals surface area contributed by atoms with Gasteiger partial charge in [0, 0.05) is 6.42 Å². The van der Waals surface area contributed by atoms with Crippen LogP contribution in [-0.2, 0) is 19.4 Å². The summed E-state index contributed by atoms with van der Waals surface area (Å²) < 4.78 is 1.95. The molecule has 1 fully saturated rings. The van der Waals surface area contributed by atoms with Gasteiger partial charge in [-0.3, -0.25) is 4.90 Å². The highest BCUT2D eigenvalue weighted by Gasteiger charge is 2.16. The molecule has 0 radical (unpaired) electrons. The zero-order valence-corrected chi connectivity index (χ0v) is 14.7.